The summed E-state index contributed by atoms with van der Waals surface area (Å²) in [4.78, 5) is 0. The molecule has 102 valence electrons. The predicted octanol–water partition coefficient (Wildman–Crippen LogP) is 1.63. The molecule has 0 spiro atoms. The highest BCUT2D eigenvalue weighted by Crippen LogP contribution is 2.08. The topological polar surface area (TPSA) is 58.2 Å². The van der Waals surface area contributed by atoms with E-state index in [2.05, 4.69) is 10.0 Å². The van der Waals surface area contributed by atoms with Crippen molar-refractivity contribution in [2.75, 3.05) is 13.1 Å². The van der Waals surface area contributed by atoms with E-state index in [4.69, 9.17) is 0 Å². The summed E-state index contributed by atoms with van der Waals surface area (Å²) in [5.74, 6) is 0.0486. The molecular formula is C13H22N2O2S. The molecule has 0 aromatic heterocycles. The number of benzene rings is 1. The first-order valence-electron chi connectivity index (χ1n) is 6.33. The van der Waals surface area contributed by atoms with E-state index in [9.17, 15) is 8.42 Å². The van der Waals surface area contributed by atoms with E-state index in [1.54, 1.807) is 0 Å². The van der Waals surface area contributed by atoms with Crippen molar-refractivity contribution < 1.29 is 8.42 Å². The Balaban J connectivity index is 2.66. The first-order chi connectivity index (χ1) is 8.57. The molecule has 1 aromatic carbocycles. The van der Waals surface area contributed by atoms with Gasteiger partial charge in [0.15, 0.2) is 0 Å². The van der Waals surface area contributed by atoms with Gasteiger partial charge in [0.1, 0.15) is 0 Å². The third-order valence-electron chi connectivity index (χ3n) is 2.50. The number of sulfonamides is 1. The Kier molecular flexibility index (Phi) is 6.32. The van der Waals surface area contributed by atoms with Crippen molar-refractivity contribution in [1.82, 2.24) is 10.0 Å². The molecule has 0 saturated carbocycles. The maximum Gasteiger partial charge on any atom is 0.215 e. The second-order valence-electron chi connectivity index (χ2n) is 4.25. The van der Waals surface area contributed by atoms with Crippen LogP contribution in [0.25, 0.3) is 0 Å². The van der Waals surface area contributed by atoms with Crippen LogP contribution in [0, 0.1) is 0 Å². The minimum Gasteiger partial charge on any atom is -0.313 e. The number of rotatable bonds is 8. The van der Waals surface area contributed by atoms with Crippen LogP contribution in [0.5, 0.6) is 0 Å². The van der Waals surface area contributed by atoms with Crippen LogP contribution in [0.2, 0.25) is 0 Å². The lowest BCUT2D eigenvalue weighted by atomic mass is 10.1. The third kappa shape index (κ3) is 5.62. The van der Waals surface area contributed by atoms with Gasteiger partial charge in [-0.3, -0.25) is 0 Å². The lowest BCUT2D eigenvalue weighted by molar-refractivity contribution is 0.580. The van der Waals surface area contributed by atoms with Gasteiger partial charge in [-0.2, -0.15) is 0 Å². The van der Waals surface area contributed by atoms with Gasteiger partial charge in [0, 0.05) is 13.1 Å². The normalized spacial score (nSPS) is 11.7. The second-order valence-corrected chi connectivity index (χ2v) is 6.06. The van der Waals surface area contributed by atoms with Crippen molar-refractivity contribution in [3.63, 3.8) is 0 Å². The predicted molar refractivity (Wildman–Crippen MR) is 74.7 cm³/mol. The standard InChI is InChI=1S/C13H22N2O2S/c1-3-8-15-18(16,17)11-13-7-5-6-12(9-13)10-14-4-2/h5-7,9,14-15H,3-4,8,10-11H2,1-2H3. The molecule has 0 saturated heterocycles. The molecule has 0 amide bonds. The summed E-state index contributed by atoms with van der Waals surface area (Å²) in [7, 11) is -3.20. The van der Waals surface area contributed by atoms with Crippen molar-refractivity contribution >= 4 is 10.0 Å². The van der Waals surface area contributed by atoms with E-state index in [1.165, 1.54) is 0 Å². The molecule has 5 heteroatoms. The highest BCUT2D eigenvalue weighted by molar-refractivity contribution is 7.88. The maximum absolute atomic E-state index is 11.8. The average Bonchev–Trinajstić information content (AvgIpc) is 2.34. The number of nitrogens with one attached hydrogen (secondary N) is 2. The van der Waals surface area contributed by atoms with Gasteiger partial charge in [-0.15, -0.1) is 0 Å². The quantitative estimate of drug-likeness (QED) is 0.755. The third-order valence-corrected chi connectivity index (χ3v) is 3.86. The monoisotopic (exact) mass is 270 g/mol. The average molecular weight is 270 g/mol. The Morgan fingerprint density at radius 3 is 2.56 bits per heavy atom. The summed E-state index contributed by atoms with van der Waals surface area (Å²) in [6.07, 6.45) is 0.805. The lowest BCUT2D eigenvalue weighted by Crippen LogP contribution is -2.25. The zero-order valence-corrected chi connectivity index (χ0v) is 11.9. The van der Waals surface area contributed by atoms with Crippen LogP contribution in [0.1, 0.15) is 31.4 Å². The first-order valence-corrected chi connectivity index (χ1v) is 7.98. The molecule has 4 nitrogen and oxygen atoms in total. The van der Waals surface area contributed by atoms with E-state index in [0.717, 1.165) is 30.6 Å². The fourth-order valence-electron chi connectivity index (χ4n) is 1.63. The van der Waals surface area contributed by atoms with E-state index < -0.39 is 10.0 Å². The van der Waals surface area contributed by atoms with Crippen molar-refractivity contribution in [2.45, 2.75) is 32.6 Å². The molecular weight excluding hydrogens is 248 g/mol. The molecule has 0 aliphatic heterocycles. The van der Waals surface area contributed by atoms with Crippen molar-refractivity contribution in [1.29, 1.82) is 0 Å². The Hall–Kier alpha value is -0.910. The van der Waals surface area contributed by atoms with Gasteiger partial charge < -0.3 is 5.32 Å². The minimum absolute atomic E-state index is 0.0486. The smallest absolute Gasteiger partial charge is 0.215 e. The number of hydrogen-bond donors (Lipinski definition) is 2. The molecule has 18 heavy (non-hydrogen) atoms. The SMILES string of the molecule is CCCNS(=O)(=O)Cc1cccc(CNCC)c1. The zero-order valence-electron chi connectivity index (χ0n) is 11.1. The van der Waals surface area contributed by atoms with Crippen LogP contribution in [0.4, 0.5) is 0 Å². The van der Waals surface area contributed by atoms with Crippen molar-refractivity contribution in [3.8, 4) is 0 Å². The Bertz CT molecular complexity index is 458. The molecule has 0 bridgehead atoms. The second kappa shape index (κ2) is 7.51. The van der Waals surface area contributed by atoms with E-state index in [-0.39, 0.29) is 5.75 Å². The minimum atomic E-state index is -3.20. The summed E-state index contributed by atoms with van der Waals surface area (Å²) in [6, 6.07) is 7.68. The van der Waals surface area contributed by atoms with Crippen LogP contribution in [-0.2, 0) is 22.3 Å². The molecule has 0 aliphatic rings. The molecule has 1 aromatic rings. The summed E-state index contributed by atoms with van der Waals surface area (Å²) in [5.41, 5.74) is 1.94. The van der Waals surface area contributed by atoms with Gasteiger partial charge in [0.05, 0.1) is 5.75 Å². The van der Waals surface area contributed by atoms with Crippen LogP contribution in [0.15, 0.2) is 24.3 Å². The van der Waals surface area contributed by atoms with Crippen LogP contribution >= 0.6 is 0 Å². The van der Waals surface area contributed by atoms with E-state index in [1.807, 2.05) is 38.1 Å². The van der Waals surface area contributed by atoms with Gasteiger partial charge in [0.25, 0.3) is 0 Å². The molecule has 0 fully saturated rings. The fourth-order valence-corrected chi connectivity index (χ4v) is 2.86. The van der Waals surface area contributed by atoms with Gasteiger partial charge in [0.2, 0.25) is 10.0 Å². The highest BCUT2D eigenvalue weighted by Gasteiger charge is 2.10. The molecule has 0 aliphatic carbocycles. The summed E-state index contributed by atoms with van der Waals surface area (Å²) >= 11 is 0. The Labute approximate surface area is 110 Å². The molecule has 0 heterocycles. The Morgan fingerprint density at radius 2 is 1.89 bits per heavy atom. The molecule has 2 N–H and O–H groups in total. The molecule has 0 unspecified atom stereocenters. The Morgan fingerprint density at radius 1 is 1.17 bits per heavy atom. The highest BCUT2D eigenvalue weighted by atomic mass is 32.2. The van der Waals surface area contributed by atoms with Gasteiger partial charge in [-0.1, -0.05) is 38.1 Å². The van der Waals surface area contributed by atoms with Crippen LogP contribution in [-0.4, -0.2) is 21.5 Å². The van der Waals surface area contributed by atoms with Gasteiger partial charge in [-0.05, 0) is 24.1 Å². The van der Waals surface area contributed by atoms with E-state index in [0.29, 0.717) is 6.54 Å². The summed E-state index contributed by atoms with van der Waals surface area (Å²) in [5, 5.41) is 3.22. The summed E-state index contributed by atoms with van der Waals surface area (Å²) in [6.45, 7) is 6.16. The zero-order chi connectivity index (χ0) is 13.4. The van der Waals surface area contributed by atoms with Crippen LogP contribution < -0.4 is 10.0 Å². The molecule has 1 rings (SSSR count). The van der Waals surface area contributed by atoms with E-state index >= 15 is 0 Å². The maximum atomic E-state index is 11.8. The molecule has 0 atom stereocenters. The van der Waals surface area contributed by atoms with Gasteiger partial charge >= 0.3 is 0 Å². The molecule has 0 radical (unpaired) electrons. The van der Waals surface area contributed by atoms with Gasteiger partial charge in [-0.25, -0.2) is 13.1 Å². The first kappa shape index (κ1) is 15.1. The van der Waals surface area contributed by atoms with Crippen LogP contribution in [0.3, 0.4) is 0 Å². The summed E-state index contributed by atoms with van der Waals surface area (Å²) < 4.78 is 26.1. The lowest BCUT2D eigenvalue weighted by Gasteiger charge is -2.08. The van der Waals surface area contributed by atoms with Crippen molar-refractivity contribution in [2.24, 2.45) is 0 Å². The van der Waals surface area contributed by atoms with Crippen molar-refractivity contribution in [3.05, 3.63) is 35.4 Å². The number of hydrogen-bond acceptors (Lipinski definition) is 3. The largest absolute Gasteiger partial charge is 0.313 e. The fraction of sp³-hybridized carbons (Fsp3) is 0.538.